The van der Waals surface area contributed by atoms with Crippen LogP contribution in [0.1, 0.15) is 41.0 Å². The molecule has 0 aromatic rings. The van der Waals surface area contributed by atoms with Crippen molar-refractivity contribution in [2.24, 2.45) is 0 Å². The molecule has 1 N–H and O–H groups in total. The van der Waals surface area contributed by atoms with Gasteiger partial charge in [0.1, 0.15) is 0 Å². The van der Waals surface area contributed by atoms with Crippen molar-refractivity contribution in [1.29, 1.82) is 0 Å². The lowest BCUT2D eigenvalue weighted by Gasteiger charge is -1.98. The van der Waals surface area contributed by atoms with Gasteiger partial charge < -0.3 is 10.1 Å². The molecule has 0 fully saturated rings. The predicted molar refractivity (Wildman–Crippen MR) is 57.7 cm³/mol. The second-order valence-corrected chi connectivity index (χ2v) is 1.74. The number of nitrogens with one attached hydrogen (secondary N) is 1. The summed E-state index contributed by atoms with van der Waals surface area (Å²) in [4.78, 5) is 0. The summed E-state index contributed by atoms with van der Waals surface area (Å²) < 4.78 is 4.83. The Hall–Kier alpha value is -0.0800. The van der Waals surface area contributed by atoms with E-state index in [1.165, 1.54) is 6.42 Å². The molecule has 0 unspecified atom stereocenters. The summed E-state index contributed by atoms with van der Waals surface area (Å²) in [7, 11) is 1.72. The lowest BCUT2D eigenvalue weighted by molar-refractivity contribution is 0.199. The van der Waals surface area contributed by atoms with Gasteiger partial charge in [0.2, 0.25) is 0 Å². The van der Waals surface area contributed by atoms with E-state index < -0.39 is 0 Å². The van der Waals surface area contributed by atoms with Gasteiger partial charge in [-0.25, -0.2) is 0 Å². The van der Waals surface area contributed by atoms with E-state index in [2.05, 4.69) is 12.2 Å². The van der Waals surface area contributed by atoms with E-state index in [0.717, 1.165) is 19.7 Å². The Morgan fingerprint density at radius 2 is 1.50 bits per heavy atom. The van der Waals surface area contributed by atoms with Crippen LogP contribution in [0.4, 0.5) is 0 Å². The molecule has 0 heterocycles. The highest BCUT2D eigenvalue weighted by molar-refractivity contribution is 4.41. The minimum atomic E-state index is 0.819. The van der Waals surface area contributed by atoms with Gasteiger partial charge in [-0.2, -0.15) is 0 Å². The number of methoxy groups -OCH3 is 1. The number of rotatable bonds is 5. The van der Waals surface area contributed by atoms with Crippen LogP contribution in [0.5, 0.6) is 0 Å². The van der Waals surface area contributed by atoms with Crippen molar-refractivity contribution in [3.8, 4) is 0 Å². The molecule has 0 aromatic carbocycles. The minimum Gasteiger partial charge on any atom is -0.383 e. The Bertz CT molecular complexity index is 34.8. The maximum absolute atomic E-state index is 4.83. The Kier molecular flexibility index (Phi) is 45.6. The van der Waals surface area contributed by atoms with Crippen LogP contribution in [0.15, 0.2) is 0 Å². The first-order chi connectivity index (χ1) is 5.91. The maximum Gasteiger partial charge on any atom is 0.0587 e. The third-order valence-electron chi connectivity index (χ3n) is 0.910. The third-order valence-corrected chi connectivity index (χ3v) is 0.910. The molecular formula is C10H27NO. The average molecular weight is 177 g/mol. The smallest absolute Gasteiger partial charge is 0.0587 e. The number of ether oxygens (including phenoxy) is 1. The summed E-state index contributed by atoms with van der Waals surface area (Å²) in [5.74, 6) is 0. The first-order valence-corrected chi connectivity index (χ1v) is 5.11. The first kappa shape index (κ1) is 17.9. The lowest BCUT2D eigenvalue weighted by Crippen LogP contribution is -2.19. The quantitative estimate of drug-likeness (QED) is 0.652. The largest absolute Gasteiger partial charge is 0.383 e. The van der Waals surface area contributed by atoms with Crippen molar-refractivity contribution < 1.29 is 4.74 Å². The fourth-order valence-electron chi connectivity index (χ4n) is 0.476. The van der Waals surface area contributed by atoms with Gasteiger partial charge in [-0.05, 0) is 13.0 Å². The molecule has 0 radical (unpaired) electrons. The van der Waals surface area contributed by atoms with Crippen molar-refractivity contribution in [1.82, 2.24) is 5.32 Å². The minimum absolute atomic E-state index is 0.819. The van der Waals surface area contributed by atoms with Gasteiger partial charge in [0.05, 0.1) is 6.61 Å². The van der Waals surface area contributed by atoms with Gasteiger partial charge in [0, 0.05) is 13.7 Å². The van der Waals surface area contributed by atoms with E-state index in [0.29, 0.717) is 0 Å². The topological polar surface area (TPSA) is 21.3 Å². The van der Waals surface area contributed by atoms with E-state index in [1.54, 1.807) is 7.11 Å². The van der Waals surface area contributed by atoms with Crippen LogP contribution < -0.4 is 5.32 Å². The van der Waals surface area contributed by atoms with E-state index in [4.69, 9.17) is 4.74 Å². The molecule has 0 saturated carbocycles. The zero-order valence-electron chi connectivity index (χ0n) is 9.74. The van der Waals surface area contributed by atoms with Gasteiger partial charge in [0.25, 0.3) is 0 Å². The molecule has 2 heteroatoms. The molecule has 0 bridgehead atoms. The van der Waals surface area contributed by atoms with E-state index >= 15 is 0 Å². The normalized spacial score (nSPS) is 7.50. The molecule has 12 heavy (non-hydrogen) atoms. The van der Waals surface area contributed by atoms with Gasteiger partial charge in [-0.15, -0.1) is 0 Å². The second-order valence-electron chi connectivity index (χ2n) is 1.74. The molecule has 0 aromatic heterocycles. The highest BCUT2D eigenvalue weighted by Gasteiger charge is 1.80. The van der Waals surface area contributed by atoms with Crippen LogP contribution in [0.3, 0.4) is 0 Å². The number of hydrogen-bond acceptors (Lipinski definition) is 2. The van der Waals surface area contributed by atoms with E-state index in [1.807, 2.05) is 27.7 Å². The highest BCUT2D eigenvalue weighted by Crippen LogP contribution is 1.68. The first-order valence-electron chi connectivity index (χ1n) is 5.11. The van der Waals surface area contributed by atoms with Gasteiger partial charge in [0.15, 0.2) is 0 Å². The van der Waals surface area contributed by atoms with Gasteiger partial charge in [-0.1, -0.05) is 34.6 Å². The molecule has 78 valence electrons. The maximum atomic E-state index is 4.83. The van der Waals surface area contributed by atoms with Crippen molar-refractivity contribution in [2.45, 2.75) is 41.0 Å². The molecular weight excluding hydrogens is 150 g/mol. The summed E-state index contributed by atoms with van der Waals surface area (Å²) in [6.45, 7) is 13.0. The molecule has 0 atom stereocenters. The summed E-state index contributed by atoms with van der Waals surface area (Å²) in [6.07, 6.45) is 1.20. The molecule has 0 saturated heterocycles. The fourth-order valence-corrected chi connectivity index (χ4v) is 0.476. The SMILES string of the molecule is CC.CC.CCCNCCOC. The predicted octanol–water partition coefficient (Wildman–Crippen LogP) is 2.68. The standard InChI is InChI=1S/C6H15NO.2C2H6/c1-3-4-7-5-6-8-2;2*1-2/h7H,3-6H2,1-2H3;2*1-2H3. The average Bonchev–Trinajstić information content (AvgIpc) is 2.19. The van der Waals surface area contributed by atoms with Crippen LogP contribution in [-0.4, -0.2) is 26.8 Å². The van der Waals surface area contributed by atoms with E-state index in [9.17, 15) is 0 Å². The number of hydrogen-bond donors (Lipinski definition) is 1. The van der Waals surface area contributed by atoms with Crippen LogP contribution in [0.25, 0.3) is 0 Å². The third kappa shape index (κ3) is 32.6. The summed E-state index contributed by atoms with van der Waals surface area (Å²) in [5.41, 5.74) is 0. The fraction of sp³-hybridized carbons (Fsp3) is 1.00. The van der Waals surface area contributed by atoms with Crippen LogP contribution in [0, 0.1) is 0 Å². The monoisotopic (exact) mass is 177 g/mol. The molecule has 2 nitrogen and oxygen atoms in total. The van der Waals surface area contributed by atoms with Crippen molar-refractivity contribution >= 4 is 0 Å². The Labute approximate surface area is 78.7 Å². The van der Waals surface area contributed by atoms with Crippen LogP contribution in [-0.2, 0) is 4.74 Å². The van der Waals surface area contributed by atoms with Crippen molar-refractivity contribution in [2.75, 3.05) is 26.8 Å². The van der Waals surface area contributed by atoms with Crippen molar-refractivity contribution in [3.05, 3.63) is 0 Å². The molecule has 0 aliphatic heterocycles. The van der Waals surface area contributed by atoms with Gasteiger partial charge in [-0.3, -0.25) is 0 Å². The zero-order valence-corrected chi connectivity index (χ0v) is 9.74. The van der Waals surface area contributed by atoms with E-state index in [-0.39, 0.29) is 0 Å². The highest BCUT2D eigenvalue weighted by atomic mass is 16.5. The molecule has 0 rings (SSSR count). The Morgan fingerprint density at radius 1 is 1.00 bits per heavy atom. The van der Waals surface area contributed by atoms with Crippen LogP contribution >= 0.6 is 0 Å². The summed E-state index contributed by atoms with van der Waals surface area (Å²) in [5, 5.41) is 3.21. The van der Waals surface area contributed by atoms with Crippen molar-refractivity contribution in [3.63, 3.8) is 0 Å². The zero-order chi connectivity index (χ0) is 10.2. The Morgan fingerprint density at radius 3 is 1.83 bits per heavy atom. The Balaban J connectivity index is -0.000000175. The van der Waals surface area contributed by atoms with Gasteiger partial charge >= 0.3 is 0 Å². The molecule has 0 amide bonds. The van der Waals surface area contributed by atoms with Crippen LogP contribution in [0.2, 0.25) is 0 Å². The summed E-state index contributed by atoms with van der Waals surface area (Å²) in [6, 6.07) is 0. The molecule has 0 aliphatic rings. The molecule has 0 aliphatic carbocycles. The summed E-state index contributed by atoms with van der Waals surface area (Å²) >= 11 is 0. The lowest BCUT2D eigenvalue weighted by atomic mass is 10.5. The second kappa shape index (κ2) is 30.7. The molecule has 0 spiro atoms.